The third-order valence-corrected chi connectivity index (χ3v) is 4.25. The minimum atomic E-state index is -0.880. The molecule has 2 N–H and O–H groups in total. The van der Waals surface area contributed by atoms with Gasteiger partial charge in [-0.15, -0.1) is 0 Å². The van der Waals surface area contributed by atoms with Crippen molar-refractivity contribution in [2.45, 2.75) is 39.2 Å². The monoisotopic (exact) mass is 305 g/mol. The summed E-state index contributed by atoms with van der Waals surface area (Å²) in [6.45, 7) is 4.47. The molecule has 2 rings (SSSR count). The average molecular weight is 305 g/mol. The Hall–Kier alpha value is -2.04. The molecule has 0 radical (unpaired) electrons. The van der Waals surface area contributed by atoms with Crippen LogP contribution in [0.1, 0.15) is 44.7 Å². The topological polar surface area (TPSA) is 75.6 Å². The van der Waals surface area contributed by atoms with E-state index in [0.29, 0.717) is 19.4 Å². The number of benzene rings is 1. The first kappa shape index (κ1) is 16.3. The lowest BCUT2D eigenvalue weighted by molar-refractivity contribution is -0.153. The van der Waals surface area contributed by atoms with Gasteiger partial charge in [0.25, 0.3) is 0 Å². The predicted octanol–water partition coefficient (Wildman–Crippen LogP) is 2.76. The van der Waals surface area contributed by atoms with Gasteiger partial charge in [0.1, 0.15) is 5.75 Å². The highest BCUT2D eigenvalue weighted by atomic mass is 16.5. The second-order valence-electron chi connectivity index (χ2n) is 5.57. The molecule has 5 nitrogen and oxygen atoms in total. The van der Waals surface area contributed by atoms with E-state index in [4.69, 9.17) is 9.84 Å². The van der Waals surface area contributed by atoms with Gasteiger partial charge in [-0.3, -0.25) is 9.59 Å². The molecule has 1 aliphatic carbocycles. The highest BCUT2D eigenvalue weighted by Gasteiger charge is 2.41. The molecule has 0 bridgehead atoms. The zero-order valence-corrected chi connectivity index (χ0v) is 13.0. The first-order chi connectivity index (χ1) is 10.6. The Balaban J connectivity index is 2.09. The van der Waals surface area contributed by atoms with Gasteiger partial charge in [-0.1, -0.05) is 25.1 Å². The summed E-state index contributed by atoms with van der Waals surface area (Å²) < 4.78 is 5.62. The van der Waals surface area contributed by atoms with Gasteiger partial charge in [-0.25, -0.2) is 0 Å². The number of rotatable bonds is 7. The first-order valence-electron chi connectivity index (χ1n) is 7.83. The molecule has 1 fully saturated rings. The molecule has 120 valence electrons. The molecule has 3 unspecified atom stereocenters. The fourth-order valence-electron chi connectivity index (χ4n) is 2.84. The van der Waals surface area contributed by atoms with E-state index in [0.717, 1.165) is 17.7 Å². The van der Waals surface area contributed by atoms with Crippen LogP contribution < -0.4 is 10.1 Å². The molecule has 1 aromatic rings. The van der Waals surface area contributed by atoms with E-state index in [-0.39, 0.29) is 11.9 Å². The van der Waals surface area contributed by atoms with E-state index in [2.05, 4.69) is 5.32 Å². The SMILES string of the molecule is CCOc1ccccc1C(CC)NC(=O)C1CCC1C(=O)O. The fraction of sp³-hybridized carbons (Fsp3) is 0.529. The van der Waals surface area contributed by atoms with E-state index >= 15 is 0 Å². The van der Waals surface area contributed by atoms with Gasteiger partial charge >= 0.3 is 5.97 Å². The van der Waals surface area contributed by atoms with E-state index in [1.807, 2.05) is 38.1 Å². The number of carboxylic acids is 1. The number of hydrogen-bond donors (Lipinski definition) is 2. The Kier molecular flexibility index (Phi) is 5.41. The van der Waals surface area contributed by atoms with Crippen LogP contribution in [-0.4, -0.2) is 23.6 Å². The van der Waals surface area contributed by atoms with Gasteiger partial charge in [0.2, 0.25) is 5.91 Å². The van der Waals surface area contributed by atoms with E-state index in [9.17, 15) is 9.59 Å². The molecule has 1 saturated carbocycles. The van der Waals surface area contributed by atoms with Crippen molar-refractivity contribution < 1.29 is 19.4 Å². The van der Waals surface area contributed by atoms with Crippen molar-refractivity contribution in [3.05, 3.63) is 29.8 Å². The molecular weight excluding hydrogens is 282 g/mol. The number of aliphatic carboxylic acids is 1. The van der Waals surface area contributed by atoms with Crippen LogP contribution in [0.25, 0.3) is 0 Å². The molecule has 5 heteroatoms. The molecule has 0 spiro atoms. The molecule has 1 amide bonds. The van der Waals surface area contributed by atoms with E-state index in [1.54, 1.807) is 0 Å². The highest BCUT2D eigenvalue weighted by molar-refractivity contribution is 5.86. The molecule has 0 heterocycles. The van der Waals surface area contributed by atoms with Crippen LogP contribution in [0.3, 0.4) is 0 Å². The predicted molar refractivity (Wildman–Crippen MR) is 82.6 cm³/mol. The molecular formula is C17H23NO4. The summed E-state index contributed by atoms with van der Waals surface area (Å²) in [7, 11) is 0. The second kappa shape index (κ2) is 7.29. The maximum Gasteiger partial charge on any atom is 0.307 e. The summed E-state index contributed by atoms with van der Waals surface area (Å²) in [6, 6.07) is 7.47. The second-order valence-corrected chi connectivity index (χ2v) is 5.57. The Morgan fingerprint density at radius 3 is 2.50 bits per heavy atom. The van der Waals surface area contributed by atoms with Crippen LogP contribution in [0.5, 0.6) is 5.75 Å². The standard InChI is InChI=1S/C17H23NO4/c1-3-14(13-7-5-6-8-15(13)22-4-2)18-16(19)11-9-10-12(11)17(20)21/h5-8,11-12,14H,3-4,9-10H2,1-2H3,(H,18,19)(H,20,21). The number of carbonyl (C=O) groups excluding carboxylic acids is 1. The molecule has 1 aliphatic rings. The summed E-state index contributed by atoms with van der Waals surface area (Å²) >= 11 is 0. The fourth-order valence-corrected chi connectivity index (χ4v) is 2.84. The lowest BCUT2D eigenvalue weighted by Gasteiger charge is -2.33. The smallest absolute Gasteiger partial charge is 0.307 e. The van der Waals surface area contributed by atoms with E-state index in [1.165, 1.54) is 0 Å². The molecule has 0 aromatic heterocycles. The van der Waals surface area contributed by atoms with Crippen molar-refractivity contribution in [2.75, 3.05) is 6.61 Å². The molecule has 0 saturated heterocycles. The van der Waals surface area contributed by atoms with Crippen LogP contribution in [0.2, 0.25) is 0 Å². The summed E-state index contributed by atoms with van der Waals surface area (Å²) in [6.07, 6.45) is 1.95. The minimum Gasteiger partial charge on any atom is -0.494 e. The number of amides is 1. The normalized spacial score (nSPS) is 21.5. The Bertz CT molecular complexity index is 543. The van der Waals surface area contributed by atoms with Gasteiger partial charge in [0, 0.05) is 5.56 Å². The first-order valence-corrected chi connectivity index (χ1v) is 7.83. The van der Waals surface area contributed by atoms with Gasteiger partial charge in [0.05, 0.1) is 24.5 Å². The Labute approximate surface area is 130 Å². The van der Waals surface area contributed by atoms with Crippen molar-refractivity contribution in [3.8, 4) is 5.75 Å². The van der Waals surface area contributed by atoms with Crippen molar-refractivity contribution in [2.24, 2.45) is 11.8 Å². The Morgan fingerprint density at radius 1 is 1.27 bits per heavy atom. The number of ether oxygens (including phenoxy) is 1. The zero-order chi connectivity index (χ0) is 16.1. The highest BCUT2D eigenvalue weighted by Crippen LogP contribution is 2.36. The molecule has 1 aromatic carbocycles. The van der Waals surface area contributed by atoms with Gasteiger partial charge < -0.3 is 15.2 Å². The maximum absolute atomic E-state index is 12.3. The summed E-state index contributed by atoms with van der Waals surface area (Å²) in [4.78, 5) is 23.4. The summed E-state index contributed by atoms with van der Waals surface area (Å²) in [5.41, 5.74) is 0.936. The van der Waals surface area contributed by atoms with Crippen LogP contribution in [-0.2, 0) is 9.59 Å². The minimum absolute atomic E-state index is 0.162. The molecule has 3 atom stereocenters. The number of nitrogens with one attached hydrogen (secondary N) is 1. The average Bonchev–Trinajstić information content (AvgIpc) is 2.44. The van der Waals surface area contributed by atoms with Gasteiger partial charge in [0.15, 0.2) is 0 Å². The van der Waals surface area contributed by atoms with Gasteiger partial charge in [-0.2, -0.15) is 0 Å². The lowest BCUT2D eigenvalue weighted by Crippen LogP contribution is -2.45. The zero-order valence-electron chi connectivity index (χ0n) is 13.0. The Morgan fingerprint density at radius 2 is 1.95 bits per heavy atom. The number of carbonyl (C=O) groups is 2. The molecule has 22 heavy (non-hydrogen) atoms. The van der Waals surface area contributed by atoms with Crippen molar-refractivity contribution in [1.29, 1.82) is 0 Å². The van der Waals surface area contributed by atoms with Crippen molar-refractivity contribution >= 4 is 11.9 Å². The third kappa shape index (κ3) is 3.40. The van der Waals surface area contributed by atoms with Crippen LogP contribution >= 0.6 is 0 Å². The maximum atomic E-state index is 12.3. The van der Waals surface area contributed by atoms with Crippen LogP contribution in [0.4, 0.5) is 0 Å². The number of carboxylic acid groups (broad SMARTS) is 1. The van der Waals surface area contributed by atoms with Crippen LogP contribution in [0, 0.1) is 11.8 Å². The summed E-state index contributed by atoms with van der Waals surface area (Å²) in [5.74, 6) is -1.24. The number of hydrogen-bond acceptors (Lipinski definition) is 3. The summed E-state index contributed by atoms with van der Waals surface area (Å²) in [5, 5.41) is 12.1. The van der Waals surface area contributed by atoms with Crippen molar-refractivity contribution in [3.63, 3.8) is 0 Å². The largest absolute Gasteiger partial charge is 0.494 e. The third-order valence-electron chi connectivity index (χ3n) is 4.25. The number of para-hydroxylation sites is 1. The molecule has 0 aliphatic heterocycles. The van der Waals surface area contributed by atoms with Gasteiger partial charge in [-0.05, 0) is 32.3 Å². The lowest BCUT2D eigenvalue weighted by atomic mass is 9.73. The van der Waals surface area contributed by atoms with E-state index < -0.39 is 17.8 Å². The quantitative estimate of drug-likeness (QED) is 0.812. The van der Waals surface area contributed by atoms with Crippen molar-refractivity contribution in [1.82, 2.24) is 5.32 Å². The van der Waals surface area contributed by atoms with Crippen LogP contribution in [0.15, 0.2) is 24.3 Å².